The smallest absolute Gasteiger partial charge is 0.193 e. The summed E-state index contributed by atoms with van der Waals surface area (Å²) in [5.74, 6) is 1.20. The van der Waals surface area contributed by atoms with E-state index in [1.807, 2.05) is 27.2 Å². The molecule has 0 saturated carbocycles. The van der Waals surface area contributed by atoms with Gasteiger partial charge in [-0.15, -0.1) is 24.0 Å². The second-order valence-corrected chi connectivity index (χ2v) is 6.57. The lowest BCUT2D eigenvalue weighted by atomic mass is 10.1. The van der Waals surface area contributed by atoms with Crippen molar-refractivity contribution < 1.29 is 9.13 Å². The van der Waals surface area contributed by atoms with Crippen LogP contribution in [0, 0.1) is 11.7 Å². The van der Waals surface area contributed by atoms with Crippen LogP contribution in [0.25, 0.3) is 0 Å². The number of nitrogens with one attached hydrogen (secondary N) is 1. The van der Waals surface area contributed by atoms with E-state index in [2.05, 4.69) is 20.1 Å². The summed E-state index contributed by atoms with van der Waals surface area (Å²) in [6, 6.07) is 6.84. The van der Waals surface area contributed by atoms with Gasteiger partial charge in [0.05, 0.1) is 12.6 Å². The topological polar surface area (TPSA) is 40.1 Å². The van der Waals surface area contributed by atoms with E-state index in [4.69, 9.17) is 4.74 Å². The van der Waals surface area contributed by atoms with Gasteiger partial charge in [0.15, 0.2) is 5.96 Å². The van der Waals surface area contributed by atoms with Gasteiger partial charge in [0, 0.05) is 39.7 Å². The third kappa shape index (κ3) is 6.71. The molecule has 7 heteroatoms. The summed E-state index contributed by atoms with van der Waals surface area (Å²) in [6.45, 7) is 3.26. The molecule has 1 fully saturated rings. The largest absolute Gasteiger partial charge is 0.381 e. The maximum absolute atomic E-state index is 13.5. The Labute approximate surface area is 167 Å². The SMILES string of the molecule is CN=C(NCC(c1cccc(F)c1)N(C)C)N(C)CC1CCOC1.I. The Bertz CT molecular complexity index is 550. The predicted molar refractivity (Wildman–Crippen MR) is 111 cm³/mol. The normalized spacial score (nSPS) is 18.8. The number of hydrogen-bond donors (Lipinski definition) is 1. The lowest BCUT2D eigenvalue weighted by molar-refractivity contribution is 0.181. The number of nitrogens with zero attached hydrogens (tertiary/aromatic N) is 3. The molecular formula is C18H30FIN4O. The number of hydrogen-bond acceptors (Lipinski definition) is 3. The molecule has 2 rings (SSSR count). The lowest BCUT2D eigenvalue weighted by Gasteiger charge is -2.29. The molecule has 5 nitrogen and oxygen atoms in total. The number of likely N-dealkylation sites (N-methyl/N-ethyl adjacent to an activating group) is 1. The molecule has 2 atom stereocenters. The number of ether oxygens (including phenoxy) is 1. The van der Waals surface area contributed by atoms with Crippen LogP contribution in [0.3, 0.4) is 0 Å². The standard InChI is InChI=1S/C18H29FN4O.HI/c1-20-18(23(4)12-14-8-9-24-13-14)21-11-17(22(2)3)15-6-5-7-16(19)10-15;/h5-7,10,14,17H,8-9,11-13H2,1-4H3,(H,20,21);1H. The quantitative estimate of drug-likeness (QED) is 0.399. The Balaban J connectivity index is 0.00000312. The van der Waals surface area contributed by atoms with Crippen LogP contribution >= 0.6 is 24.0 Å². The molecule has 0 aromatic heterocycles. The van der Waals surface area contributed by atoms with E-state index in [9.17, 15) is 4.39 Å². The Morgan fingerprint density at radius 1 is 1.40 bits per heavy atom. The second-order valence-electron chi connectivity index (χ2n) is 6.57. The van der Waals surface area contributed by atoms with Gasteiger partial charge in [0.25, 0.3) is 0 Å². The Kier molecular flexibility index (Phi) is 9.66. The fourth-order valence-corrected chi connectivity index (χ4v) is 3.09. The van der Waals surface area contributed by atoms with Gasteiger partial charge >= 0.3 is 0 Å². The number of halogens is 2. The Hall–Kier alpha value is -0.930. The first-order valence-corrected chi connectivity index (χ1v) is 8.42. The molecule has 1 aliphatic rings. The first kappa shape index (κ1) is 22.1. The van der Waals surface area contributed by atoms with Crippen LogP contribution in [0.2, 0.25) is 0 Å². The summed E-state index contributed by atoms with van der Waals surface area (Å²) in [5, 5.41) is 3.41. The van der Waals surface area contributed by atoms with Crippen LogP contribution in [0.1, 0.15) is 18.0 Å². The van der Waals surface area contributed by atoms with Gasteiger partial charge in [-0.25, -0.2) is 4.39 Å². The molecule has 142 valence electrons. The summed E-state index contributed by atoms with van der Waals surface area (Å²) in [4.78, 5) is 8.59. The van der Waals surface area contributed by atoms with Crippen LogP contribution in [-0.2, 0) is 4.74 Å². The molecule has 0 bridgehead atoms. The monoisotopic (exact) mass is 464 g/mol. The van der Waals surface area contributed by atoms with E-state index in [1.165, 1.54) is 6.07 Å². The first-order chi connectivity index (χ1) is 11.5. The van der Waals surface area contributed by atoms with Crippen LogP contribution in [0.5, 0.6) is 0 Å². The third-order valence-electron chi connectivity index (χ3n) is 4.44. The van der Waals surface area contributed by atoms with Gasteiger partial charge < -0.3 is 19.9 Å². The molecule has 0 spiro atoms. The minimum Gasteiger partial charge on any atom is -0.381 e. The maximum atomic E-state index is 13.5. The van der Waals surface area contributed by atoms with Crippen molar-refractivity contribution in [3.63, 3.8) is 0 Å². The van der Waals surface area contributed by atoms with Crippen LogP contribution in [0.15, 0.2) is 29.3 Å². The fourth-order valence-electron chi connectivity index (χ4n) is 3.09. The Morgan fingerprint density at radius 3 is 2.72 bits per heavy atom. The van der Waals surface area contributed by atoms with Crippen molar-refractivity contribution in [3.8, 4) is 0 Å². The molecule has 0 amide bonds. The zero-order chi connectivity index (χ0) is 17.5. The van der Waals surface area contributed by atoms with E-state index >= 15 is 0 Å². The van der Waals surface area contributed by atoms with Crippen molar-refractivity contribution in [1.82, 2.24) is 15.1 Å². The average molecular weight is 464 g/mol. The van der Waals surface area contributed by atoms with Gasteiger partial charge in [-0.3, -0.25) is 4.99 Å². The highest BCUT2D eigenvalue weighted by atomic mass is 127. The van der Waals surface area contributed by atoms with E-state index in [-0.39, 0.29) is 35.8 Å². The summed E-state index contributed by atoms with van der Waals surface area (Å²) >= 11 is 0. The third-order valence-corrected chi connectivity index (χ3v) is 4.44. The molecule has 1 aromatic carbocycles. The van der Waals surface area contributed by atoms with Crippen LogP contribution in [-0.4, -0.2) is 70.3 Å². The van der Waals surface area contributed by atoms with Crippen molar-refractivity contribution >= 4 is 29.9 Å². The van der Waals surface area contributed by atoms with Gasteiger partial charge in [-0.2, -0.15) is 0 Å². The molecule has 0 radical (unpaired) electrons. The highest BCUT2D eigenvalue weighted by molar-refractivity contribution is 14.0. The average Bonchev–Trinajstić information content (AvgIpc) is 3.04. The second kappa shape index (κ2) is 10.9. The van der Waals surface area contributed by atoms with Crippen LogP contribution < -0.4 is 5.32 Å². The molecule has 1 N–H and O–H groups in total. The van der Waals surface area contributed by atoms with E-state index < -0.39 is 0 Å². The van der Waals surface area contributed by atoms with Crippen molar-refractivity contribution in [2.75, 3.05) is 54.5 Å². The lowest BCUT2D eigenvalue weighted by Crippen LogP contribution is -2.44. The predicted octanol–water partition coefficient (Wildman–Crippen LogP) is 2.59. The number of benzene rings is 1. The minimum absolute atomic E-state index is 0. The van der Waals surface area contributed by atoms with Gasteiger partial charge in [0.1, 0.15) is 5.82 Å². The zero-order valence-electron chi connectivity index (χ0n) is 15.5. The fraction of sp³-hybridized carbons (Fsp3) is 0.611. The van der Waals surface area contributed by atoms with Gasteiger partial charge in [0.2, 0.25) is 0 Å². The van der Waals surface area contributed by atoms with E-state index in [0.29, 0.717) is 12.5 Å². The minimum atomic E-state index is -0.206. The summed E-state index contributed by atoms with van der Waals surface area (Å²) in [5.41, 5.74) is 0.954. The van der Waals surface area contributed by atoms with E-state index in [1.54, 1.807) is 19.2 Å². The van der Waals surface area contributed by atoms with Gasteiger partial charge in [-0.05, 0) is 38.2 Å². The van der Waals surface area contributed by atoms with Crippen molar-refractivity contribution in [2.45, 2.75) is 12.5 Å². The number of rotatable bonds is 6. The van der Waals surface area contributed by atoms with Crippen LogP contribution in [0.4, 0.5) is 4.39 Å². The highest BCUT2D eigenvalue weighted by Gasteiger charge is 2.20. The molecule has 25 heavy (non-hydrogen) atoms. The molecule has 1 aliphatic heterocycles. The van der Waals surface area contributed by atoms with Gasteiger partial charge in [-0.1, -0.05) is 12.1 Å². The molecule has 1 aromatic rings. The first-order valence-electron chi connectivity index (χ1n) is 8.42. The summed E-state index contributed by atoms with van der Waals surface area (Å²) in [6.07, 6.45) is 1.10. The number of guanidine groups is 1. The molecule has 2 unspecified atom stereocenters. The maximum Gasteiger partial charge on any atom is 0.193 e. The Morgan fingerprint density at radius 2 is 2.16 bits per heavy atom. The van der Waals surface area contributed by atoms with Crippen molar-refractivity contribution in [2.24, 2.45) is 10.9 Å². The molecule has 1 saturated heterocycles. The molecule has 0 aliphatic carbocycles. The highest BCUT2D eigenvalue weighted by Crippen LogP contribution is 2.18. The van der Waals surface area contributed by atoms with Crippen molar-refractivity contribution in [3.05, 3.63) is 35.6 Å². The zero-order valence-corrected chi connectivity index (χ0v) is 17.9. The summed E-state index contributed by atoms with van der Waals surface area (Å²) < 4.78 is 19.0. The summed E-state index contributed by atoms with van der Waals surface area (Å²) in [7, 11) is 7.83. The number of aliphatic imine (C=N–C) groups is 1. The van der Waals surface area contributed by atoms with Crippen molar-refractivity contribution in [1.29, 1.82) is 0 Å². The molecule has 1 heterocycles. The molecular weight excluding hydrogens is 434 g/mol. The van der Waals surface area contributed by atoms with E-state index in [0.717, 1.165) is 37.7 Å².